The van der Waals surface area contributed by atoms with E-state index in [1.54, 1.807) is 0 Å². The van der Waals surface area contributed by atoms with Gasteiger partial charge in [0.15, 0.2) is 5.96 Å². The molecule has 0 unspecified atom stereocenters. The van der Waals surface area contributed by atoms with Crippen LogP contribution in [0.15, 0.2) is 18.2 Å². The number of aromatic nitrogens is 1. The van der Waals surface area contributed by atoms with E-state index >= 15 is 0 Å². The first-order chi connectivity index (χ1) is 8.41. The Balaban J connectivity index is 0.00000180. The fourth-order valence-corrected chi connectivity index (χ4v) is 1.79. The summed E-state index contributed by atoms with van der Waals surface area (Å²) in [5.41, 5.74) is 5.80. The molecule has 0 aliphatic rings. The number of aromatic hydroxyl groups is 1. The van der Waals surface area contributed by atoms with Crippen LogP contribution in [0.5, 0.6) is 5.75 Å². The third kappa shape index (κ3) is 2.59. The first-order valence-corrected chi connectivity index (χ1v) is 5.42. The molecule has 5 N–H and O–H groups in total. The Hall–Kier alpha value is -1.92. The zero-order chi connectivity index (χ0) is 13.4. The molecule has 0 fully saturated rings. The lowest BCUT2D eigenvalue weighted by Gasteiger charge is -2.12. The number of phenolic OH excluding ortho intramolecular Hbond substituents is 1. The Labute approximate surface area is 120 Å². The number of phenols is 1. The van der Waals surface area contributed by atoms with E-state index in [0.717, 1.165) is 4.90 Å². The molecule has 8 heteroatoms. The van der Waals surface area contributed by atoms with E-state index in [-0.39, 0.29) is 29.8 Å². The van der Waals surface area contributed by atoms with Crippen molar-refractivity contribution < 1.29 is 9.90 Å². The predicted molar refractivity (Wildman–Crippen MR) is 76.2 cm³/mol. The minimum atomic E-state index is -0.478. The number of amides is 1. The number of nitrogens with one attached hydrogen (secondary N) is 2. The van der Waals surface area contributed by atoms with Gasteiger partial charge in [0.25, 0.3) is 5.91 Å². The van der Waals surface area contributed by atoms with Crippen LogP contribution in [-0.4, -0.2) is 33.9 Å². The van der Waals surface area contributed by atoms with Crippen LogP contribution in [0.4, 0.5) is 0 Å². The number of halogens is 2. The van der Waals surface area contributed by atoms with Gasteiger partial charge in [-0.25, -0.2) is 0 Å². The third-order valence-electron chi connectivity index (χ3n) is 2.62. The van der Waals surface area contributed by atoms with Crippen molar-refractivity contribution in [2.45, 2.75) is 0 Å². The van der Waals surface area contributed by atoms with Crippen molar-refractivity contribution in [2.24, 2.45) is 5.73 Å². The van der Waals surface area contributed by atoms with E-state index in [1.807, 2.05) is 0 Å². The Morgan fingerprint density at radius 1 is 1.53 bits per heavy atom. The number of H-pyrrole nitrogens is 1. The zero-order valence-electron chi connectivity index (χ0n) is 9.90. The standard InChI is InChI=1S/C11H11ClN4O2.ClH/c1-16(11(13)14)10(18)7-4-5-6(12)2-3-8(17)9(5)15-7;/h2-4,15,17H,1H3,(H3,13,14);1H. The van der Waals surface area contributed by atoms with Crippen LogP contribution in [0, 0.1) is 5.41 Å². The molecule has 2 rings (SSSR count). The highest BCUT2D eigenvalue weighted by atomic mass is 35.5. The first kappa shape index (κ1) is 15.1. The number of nitrogens with zero attached hydrogens (tertiary/aromatic N) is 1. The average Bonchev–Trinajstić information content (AvgIpc) is 2.78. The summed E-state index contributed by atoms with van der Waals surface area (Å²) in [5, 5.41) is 17.8. The predicted octanol–water partition coefficient (Wildman–Crippen LogP) is 1.91. The maximum Gasteiger partial charge on any atom is 0.276 e. The van der Waals surface area contributed by atoms with Gasteiger partial charge in [-0.2, -0.15) is 0 Å². The molecule has 1 aromatic heterocycles. The highest BCUT2D eigenvalue weighted by Crippen LogP contribution is 2.31. The van der Waals surface area contributed by atoms with Crippen LogP contribution in [0.3, 0.4) is 0 Å². The molecule has 0 radical (unpaired) electrons. The molecule has 0 aliphatic heterocycles. The second-order valence-corrected chi connectivity index (χ2v) is 4.19. The van der Waals surface area contributed by atoms with Crippen molar-refractivity contribution in [2.75, 3.05) is 7.05 Å². The molecule has 0 spiro atoms. The largest absolute Gasteiger partial charge is 0.506 e. The average molecular weight is 303 g/mol. The lowest BCUT2D eigenvalue weighted by Crippen LogP contribution is -2.38. The second-order valence-electron chi connectivity index (χ2n) is 3.79. The van der Waals surface area contributed by atoms with Gasteiger partial charge in [0.05, 0.1) is 10.5 Å². The Morgan fingerprint density at radius 2 is 2.16 bits per heavy atom. The van der Waals surface area contributed by atoms with Crippen molar-refractivity contribution >= 4 is 46.8 Å². The quantitative estimate of drug-likeness (QED) is 0.477. The van der Waals surface area contributed by atoms with Crippen LogP contribution < -0.4 is 5.73 Å². The molecule has 0 atom stereocenters. The van der Waals surface area contributed by atoms with Crippen LogP contribution >= 0.6 is 24.0 Å². The highest BCUT2D eigenvalue weighted by molar-refractivity contribution is 6.35. The minimum absolute atomic E-state index is 0. The van der Waals surface area contributed by atoms with E-state index in [1.165, 1.54) is 25.2 Å². The number of fused-ring (bicyclic) bond motifs is 1. The Bertz CT molecular complexity index is 614. The van der Waals surface area contributed by atoms with Gasteiger partial charge in [-0.3, -0.25) is 15.1 Å². The lowest BCUT2D eigenvalue weighted by atomic mass is 10.2. The maximum absolute atomic E-state index is 11.9. The van der Waals surface area contributed by atoms with E-state index in [0.29, 0.717) is 15.9 Å². The summed E-state index contributed by atoms with van der Waals surface area (Å²) in [4.78, 5) is 15.7. The lowest BCUT2D eigenvalue weighted by molar-refractivity contribution is 0.0864. The van der Waals surface area contributed by atoms with Crippen molar-refractivity contribution in [3.8, 4) is 5.75 Å². The summed E-state index contributed by atoms with van der Waals surface area (Å²) in [6, 6.07) is 4.49. The highest BCUT2D eigenvalue weighted by Gasteiger charge is 2.18. The van der Waals surface area contributed by atoms with Crippen LogP contribution in [0.2, 0.25) is 5.02 Å². The van der Waals surface area contributed by atoms with Gasteiger partial charge in [0.1, 0.15) is 11.4 Å². The topological polar surface area (TPSA) is 106 Å². The fraction of sp³-hybridized carbons (Fsp3) is 0.0909. The van der Waals surface area contributed by atoms with Gasteiger partial charge in [-0.05, 0) is 18.2 Å². The molecule has 1 amide bonds. The summed E-state index contributed by atoms with van der Waals surface area (Å²) in [7, 11) is 1.39. The summed E-state index contributed by atoms with van der Waals surface area (Å²) >= 11 is 5.97. The van der Waals surface area contributed by atoms with E-state index in [2.05, 4.69) is 4.98 Å². The molecule has 0 bridgehead atoms. The number of nitrogens with two attached hydrogens (primary N) is 1. The molecule has 0 saturated carbocycles. The smallest absolute Gasteiger partial charge is 0.276 e. The SMILES string of the molecule is CN(C(=N)N)C(=O)c1cc2c(Cl)ccc(O)c2[nH]1.Cl. The Morgan fingerprint density at radius 3 is 2.68 bits per heavy atom. The van der Waals surface area contributed by atoms with E-state index < -0.39 is 5.91 Å². The number of carbonyl (C=O) groups excluding carboxylic acids is 1. The van der Waals surface area contributed by atoms with E-state index in [9.17, 15) is 9.90 Å². The minimum Gasteiger partial charge on any atom is -0.506 e. The summed E-state index contributed by atoms with van der Waals surface area (Å²) in [5.74, 6) is -0.845. The van der Waals surface area contributed by atoms with E-state index in [4.69, 9.17) is 22.7 Å². The summed E-state index contributed by atoms with van der Waals surface area (Å²) < 4.78 is 0. The number of aromatic amines is 1. The van der Waals surface area contributed by atoms with Crippen LogP contribution in [0.1, 0.15) is 10.5 Å². The monoisotopic (exact) mass is 302 g/mol. The second kappa shape index (κ2) is 5.38. The number of guanidine groups is 1. The number of hydrogen-bond donors (Lipinski definition) is 4. The molecule has 6 nitrogen and oxygen atoms in total. The number of carbonyl (C=O) groups is 1. The van der Waals surface area contributed by atoms with Gasteiger partial charge in [0.2, 0.25) is 0 Å². The molecule has 1 heterocycles. The van der Waals surface area contributed by atoms with Crippen LogP contribution in [-0.2, 0) is 0 Å². The van der Waals surface area contributed by atoms with Gasteiger partial charge in [-0.1, -0.05) is 11.6 Å². The zero-order valence-corrected chi connectivity index (χ0v) is 11.5. The summed E-state index contributed by atoms with van der Waals surface area (Å²) in [6.45, 7) is 0. The van der Waals surface area contributed by atoms with Crippen molar-refractivity contribution in [3.63, 3.8) is 0 Å². The molecule has 2 aromatic rings. The normalized spacial score (nSPS) is 10.0. The number of rotatable bonds is 1. The molecule has 1 aromatic carbocycles. The molecule has 0 aliphatic carbocycles. The number of benzene rings is 1. The molecule has 19 heavy (non-hydrogen) atoms. The first-order valence-electron chi connectivity index (χ1n) is 5.04. The van der Waals surface area contributed by atoms with Crippen LogP contribution in [0.25, 0.3) is 10.9 Å². The maximum atomic E-state index is 11.9. The fourth-order valence-electron chi connectivity index (χ4n) is 1.58. The number of hydrogen-bond acceptors (Lipinski definition) is 3. The Kier molecular flexibility index (Phi) is 4.28. The van der Waals surface area contributed by atoms with Crippen molar-refractivity contribution in [1.82, 2.24) is 9.88 Å². The van der Waals surface area contributed by atoms with Crippen molar-refractivity contribution in [1.29, 1.82) is 5.41 Å². The van der Waals surface area contributed by atoms with Gasteiger partial charge in [-0.15, -0.1) is 12.4 Å². The molecule has 102 valence electrons. The van der Waals surface area contributed by atoms with Gasteiger partial charge < -0.3 is 15.8 Å². The van der Waals surface area contributed by atoms with Crippen molar-refractivity contribution in [3.05, 3.63) is 28.9 Å². The molecular weight excluding hydrogens is 291 g/mol. The summed E-state index contributed by atoms with van der Waals surface area (Å²) in [6.07, 6.45) is 0. The van der Waals surface area contributed by atoms with Gasteiger partial charge >= 0.3 is 0 Å². The van der Waals surface area contributed by atoms with Gasteiger partial charge in [0, 0.05) is 12.4 Å². The molecule has 0 saturated heterocycles. The molecular formula is C11H12Cl2N4O2. The third-order valence-corrected chi connectivity index (χ3v) is 2.94.